The molecule has 0 aliphatic heterocycles. The van der Waals surface area contributed by atoms with Crippen LogP contribution in [0.4, 0.5) is 0 Å². The molecule has 0 aliphatic rings. The van der Waals surface area contributed by atoms with Gasteiger partial charge in [-0.3, -0.25) is 9.78 Å². The lowest BCUT2D eigenvalue weighted by atomic mass is 10.1. The summed E-state index contributed by atoms with van der Waals surface area (Å²) in [4.78, 5) is 16.1. The molecule has 1 aromatic carbocycles. The lowest BCUT2D eigenvalue weighted by Gasteiger charge is -2.12. The zero-order valence-electron chi connectivity index (χ0n) is 11.5. The maximum Gasteiger partial charge on any atom is 0.237 e. The number of aromatic nitrogens is 1. The van der Waals surface area contributed by atoms with Gasteiger partial charge in [-0.15, -0.1) is 12.4 Å². The van der Waals surface area contributed by atoms with Gasteiger partial charge >= 0.3 is 0 Å². The van der Waals surface area contributed by atoms with Crippen molar-refractivity contribution < 1.29 is 4.79 Å². The molecule has 108 valence electrons. The zero-order valence-corrected chi connectivity index (χ0v) is 12.3. The molecule has 0 radical (unpaired) electrons. The molecule has 1 atom stereocenters. The minimum Gasteiger partial charge on any atom is -0.351 e. The van der Waals surface area contributed by atoms with Gasteiger partial charge in [-0.1, -0.05) is 37.6 Å². The van der Waals surface area contributed by atoms with E-state index in [1.807, 2.05) is 37.3 Å². The molecule has 1 heterocycles. The van der Waals surface area contributed by atoms with E-state index in [0.29, 0.717) is 13.0 Å². The lowest BCUT2D eigenvalue weighted by molar-refractivity contribution is -0.122. The average molecular weight is 294 g/mol. The minimum absolute atomic E-state index is 0. The number of pyridine rings is 1. The van der Waals surface area contributed by atoms with Crippen LogP contribution in [-0.4, -0.2) is 16.9 Å². The normalized spacial score (nSPS) is 11.7. The minimum atomic E-state index is -0.423. The van der Waals surface area contributed by atoms with Gasteiger partial charge in [-0.25, -0.2) is 0 Å². The number of hydrogen-bond acceptors (Lipinski definition) is 3. The fourth-order valence-corrected chi connectivity index (χ4v) is 2.07. The van der Waals surface area contributed by atoms with Crippen molar-refractivity contribution in [1.29, 1.82) is 0 Å². The molecule has 2 rings (SSSR count). The van der Waals surface area contributed by atoms with Gasteiger partial charge < -0.3 is 11.1 Å². The number of fused-ring (bicyclic) bond motifs is 1. The molecule has 0 saturated heterocycles. The number of nitrogens with zero attached hydrogens (tertiary/aromatic N) is 1. The summed E-state index contributed by atoms with van der Waals surface area (Å²) in [6.45, 7) is 2.48. The van der Waals surface area contributed by atoms with Gasteiger partial charge in [0, 0.05) is 18.1 Å². The van der Waals surface area contributed by atoms with Gasteiger partial charge in [0.25, 0.3) is 0 Å². The van der Waals surface area contributed by atoms with Gasteiger partial charge in [-0.05, 0) is 18.1 Å². The Balaban J connectivity index is 0.00000200. The summed E-state index contributed by atoms with van der Waals surface area (Å²) in [5.41, 5.74) is 7.71. The molecule has 1 unspecified atom stereocenters. The summed E-state index contributed by atoms with van der Waals surface area (Å²) >= 11 is 0. The maximum atomic E-state index is 11.8. The third-order valence-corrected chi connectivity index (χ3v) is 3.11. The topological polar surface area (TPSA) is 68.0 Å². The van der Waals surface area contributed by atoms with Crippen LogP contribution in [0, 0.1) is 0 Å². The number of amides is 1. The molecule has 1 aromatic heterocycles. The van der Waals surface area contributed by atoms with Crippen LogP contribution < -0.4 is 11.1 Å². The molecule has 2 aromatic rings. The summed E-state index contributed by atoms with van der Waals surface area (Å²) in [6.07, 6.45) is 3.38. The molecular formula is C15H20ClN3O. The van der Waals surface area contributed by atoms with Crippen LogP contribution in [0.15, 0.2) is 36.5 Å². The number of nitrogens with two attached hydrogens (primary N) is 1. The van der Waals surface area contributed by atoms with Crippen molar-refractivity contribution in [1.82, 2.24) is 10.3 Å². The molecule has 1 amide bonds. The van der Waals surface area contributed by atoms with Crippen LogP contribution >= 0.6 is 12.4 Å². The Morgan fingerprint density at radius 3 is 2.85 bits per heavy atom. The zero-order chi connectivity index (χ0) is 13.7. The summed E-state index contributed by atoms with van der Waals surface area (Å²) in [6, 6.07) is 9.45. The molecule has 0 fully saturated rings. The third kappa shape index (κ3) is 3.92. The Bertz CT molecular complexity index is 569. The monoisotopic (exact) mass is 293 g/mol. The molecule has 0 saturated carbocycles. The number of carbonyl (C=O) groups excluding carboxylic acids is 1. The summed E-state index contributed by atoms with van der Waals surface area (Å²) in [5.74, 6) is -0.102. The number of carbonyl (C=O) groups is 1. The van der Waals surface area contributed by atoms with E-state index >= 15 is 0 Å². The highest BCUT2D eigenvalue weighted by molar-refractivity contribution is 5.85. The van der Waals surface area contributed by atoms with Crippen LogP contribution in [-0.2, 0) is 11.3 Å². The van der Waals surface area contributed by atoms with Gasteiger partial charge in [0.15, 0.2) is 0 Å². The van der Waals surface area contributed by atoms with Crippen molar-refractivity contribution in [3.8, 4) is 0 Å². The van der Waals surface area contributed by atoms with Gasteiger partial charge in [0.1, 0.15) is 0 Å². The van der Waals surface area contributed by atoms with Crippen molar-refractivity contribution in [2.45, 2.75) is 32.4 Å². The predicted octanol–water partition coefficient (Wildman–Crippen LogP) is 2.40. The number of nitrogens with one attached hydrogen (secondary N) is 1. The van der Waals surface area contributed by atoms with Crippen molar-refractivity contribution in [3.05, 3.63) is 42.1 Å². The van der Waals surface area contributed by atoms with Gasteiger partial charge in [0.05, 0.1) is 11.6 Å². The second-order valence-electron chi connectivity index (χ2n) is 4.61. The average Bonchev–Trinajstić information content (AvgIpc) is 2.45. The predicted molar refractivity (Wildman–Crippen MR) is 83.7 cm³/mol. The van der Waals surface area contributed by atoms with Crippen molar-refractivity contribution in [2.24, 2.45) is 5.73 Å². The lowest BCUT2D eigenvalue weighted by Crippen LogP contribution is -2.40. The van der Waals surface area contributed by atoms with Crippen LogP contribution in [0.2, 0.25) is 0 Å². The number of rotatable bonds is 5. The van der Waals surface area contributed by atoms with Crippen LogP contribution in [0.25, 0.3) is 10.9 Å². The second-order valence-corrected chi connectivity index (χ2v) is 4.61. The molecule has 0 aliphatic carbocycles. The SMILES string of the molecule is CCCC(N)C(=O)NCc1cccc2cccnc12.Cl. The van der Waals surface area contributed by atoms with E-state index in [-0.39, 0.29) is 18.3 Å². The Kier molecular flexibility index (Phi) is 6.42. The Morgan fingerprint density at radius 1 is 1.35 bits per heavy atom. The number of halogens is 1. The third-order valence-electron chi connectivity index (χ3n) is 3.11. The van der Waals surface area contributed by atoms with Crippen molar-refractivity contribution >= 4 is 29.2 Å². The number of hydrogen-bond donors (Lipinski definition) is 2. The van der Waals surface area contributed by atoms with E-state index in [4.69, 9.17) is 5.73 Å². The molecule has 3 N–H and O–H groups in total. The standard InChI is InChI=1S/C15H19N3O.ClH/c1-2-5-13(16)15(19)18-10-12-7-3-6-11-8-4-9-17-14(11)12;/h3-4,6-9,13H,2,5,10,16H2,1H3,(H,18,19);1H. The molecular weight excluding hydrogens is 274 g/mol. The maximum absolute atomic E-state index is 11.8. The van der Waals surface area contributed by atoms with E-state index in [0.717, 1.165) is 22.9 Å². The number of benzene rings is 1. The summed E-state index contributed by atoms with van der Waals surface area (Å²) in [7, 11) is 0. The van der Waals surface area contributed by atoms with E-state index in [9.17, 15) is 4.79 Å². The molecule has 0 spiro atoms. The van der Waals surface area contributed by atoms with Gasteiger partial charge in [-0.2, -0.15) is 0 Å². The van der Waals surface area contributed by atoms with E-state index < -0.39 is 6.04 Å². The first-order chi connectivity index (χ1) is 9.22. The summed E-state index contributed by atoms with van der Waals surface area (Å²) in [5, 5.41) is 3.95. The van der Waals surface area contributed by atoms with Crippen molar-refractivity contribution in [3.63, 3.8) is 0 Å². The van der Waals surface area contributed by atoms with E-state index in [1.165, 1.54) is 0 Å². The van der Waals surface area contributed by atoms with Crippen LogP contribution in [0.3, 0.4) is 0 Å². The first-order valence-corrected chi connectivity index (χ1v) is 6.58. The largest absolute Gasteiger partial charge is 0.351 e. The first-order valence-electron chi connectivity index (χ1n) is 6.58. The highest BCUT2D eigenvalue weighted by atomic mass is 35.5. The Morgan fingerprint density at radius 2 is 2.10 bits per heavy atom. The van der Waals surface area contributed by atoms with Crippen molar-refractivity contribution in [2.75, 3.05) is 0 Å². The van der Waals surface area contributed by atoms with Crippen LogP contribution in [0.5, 0.6) is 0 Å². The van der Waals surface area contributed by atoms with Gasteiger partial charge in [0.2, 0.25) is 5.91 Å². The smallest absolute Gasteiger partial charge is 0.237 e. The molecule has 4 nitrogen and oxygen atoms in total. The van der Waals surface area contributed by atoms with E-state index in [2.05, 4.69) is 10.3 Å². The quantitative estimate of drug-likeness (QED) is 0.889. The van der Waals surface area contributed by atoms with E-state index in [1.54, 1.807) is 6.20 Å². The first kappa shape index (κ1) is 16.4. The highest BCUT2D eigenvalue weighted by Gasteiger charge is 2.12. The Hall–Kier alpha value is -1.65. The summed E-state index contributed by atoms with van der Waals surface area (Å²) < 4.78 is 0. The second kappa shape index (κ2) is 7.82. The molecule has 5 heteroatoms. The molecule has 20 heavy (non-hydrogen) atoms. The highest BCUT2D eigenvalue weighted by Crippen LogP contribution is 2.15. The molecule has 0 bridgehead atoms. The fourth-order valence-electron chi connectivity index (χ4n) is 2.07. The number of para-hydroxylation sites is 1. The van der Waals surface area contributed by atoms with Crippen LogP contribution in [0.1, 0.15) is 25.3 Å². The Labute approximate surface area is 125 Å². The fraction of sp³-hybridized carbons (Fsp3) is 0.333.